The van der Waals surface area contributed by atoms with Gasteiger partial charge in [-0.15, -0.1) is 0 Å². The first-order valence-corrected chi connectivity index (χ1v) is 7.18. The van der Waals surface area contributed by atoms with Crippen LogP contribution in [0.3, 0.4) is 0 Å². The Kier molecular flexibility index (Phi) is 7.58. The van der Waals surface area contributed by atoms with Crippen molar-refractivity contribution in [1.82, 2.24) is 5.32 Å². The highest BCUT2D eigenvalue weighted by molar-refractivity contribution is 9.10. The third kappa shape index (κ3) is 5.90. The molecule has 0 fully saturated rings. The second-order valence-corrected chi connectivity index (χ2v) is 5.30. The van der Waals surface area contributed by atoms with E-state index in [2.05, 4.69) is 21.2 Å². The van der Waals surface area contributed by atoms with Gasteiger partial charge < -0.3 is 19.9 Å². The number of aliphatic hydroxyl groups is 1. The summed E-state index contributed by atoms with van der Waals surface area (Å²) in [4.78, 5) is 12.0. The number of ether oxygens (including phenoxy) is 2. The van der Waals surface area contributed by atoms with E-state index in [-0.39, 0.29) is 18.6 Å². The Morgan fingerprint density at radius 2 is 2.05 bits per heavy atom. The molecule has 1 amide bonds. The fourth-order valence-corrected chi connectivity index (χ4v) is 1.91. The molecule has 112 valence electrons. The molecule has 0 saturated carbocycles. The van der Waals surface area contributed by atoms with Gasteiger partial charge in [-0.25, -0.2) is 0 Å². The number of halogens is 1. The van der Waals surface area contributed by atoms with Crippen LogP contribution < -0.4 is 10.1 Å². The maximum atomic E-state index is 12.0. The van der Waals surface area contributed by atoms with Crippen molar-refractivity contribution >= 4 is 21.8 Å². The number of hydrogen-bond donors (Lipinski definition) is 2. The molecule has 2 atom stereocenters. The van der Waals surface area contributed by atoms with Gasteiger partial charge in [0.05, 0.1) is 12.6 Å². The van der Waals surface area contributed by atoms with E-state index in [1.165, 1.54) is 0 Å². The zero-order valence-corrected chi connectivity index (χ0v) is 13.2. The van der Waals surface area contributed by atoms with Gasteiger partial charge in [0.15, 0.2) is 6.10 Å². The van der Waals surface area contributed by atoms with Crippen molar-refractivity contribution in [2.24, 2.45) is 0 Å². The molecular weight excluding hydrogens is 326 g/mol. The highest BCUT2D eigenvalue weighted by atomic mass is 79.9. The molecule has 0 aliphatic heterocycles. The zero-order valence-electron chi connectivity index (χ0n) is 11.6. The Balaban J connectivity index is 2.50. The Hall–Kier alpha value is -1.11. The van der Waals surface area contributed by atoms with Crippen molar-refractivity contribution in [2.75, 3.05) is 20.3 Å². The van der Waals surface area contributed by atoms with E-state index in [1.54, 1.807) is 26.2 Å². The predicted octanol–water partition coefficient (Wildman–Crippen LogP) is 1.73. The van der Waals surface area contributed by atoms with Crippen molar-refractivity contribution in [3.8, 4) is 5.75 Å². The monoisotopic (exact) mass is 345 g/mol. The summed E-state index contributed by atoms with van der Waals surface area (Å²) in [6.45, 7) is 2.04. The molecule has 0 saturated heterocycles. The van der Waals surface area contributed by atoms with Crippen LogP contribution in [0.4, 0.5) is 0 Å². The lowest BCUT2D eigenvalue weighted by molar-refractivity contribution is -0.128. The van der Waals surface area contributed by atoms with Crippen molar-refractivity contribution in [1.29, 1.82) is 0 Å². The van der Waals surface area contributed by atoms with Crippen LogP contribution in [0.5, 0.6) is 5.75 Å². The van der Waals surface area contributed by atoms with Gasteiger partial charge in [-0.1, -0.05) is 15.9 Å². The SMILES string of the molecule is COCC(CCO)NC(=O)C(C)Oc1ccc(Br)cc1. The van der Waals surface area contributed by atoms with E-state index in [1.807, 2.05) is 12.1 Å². The van der Waals surface area contributed by atoms with Crippen LogP contribution in [0.1, 0.15) is 13.3 Å². The molecule has 0 bridgehead atoms. The average molecular weight is 346 g/mol. The molecule has 0 aliphatic rings. The third-order valence-corrected chi connectivity index (χ3v) is 3.22. The average Bonchev–Trinajstić information content (AvgIpc) is 2.42. The van der Waals surface area contributed by atoms with E-state index < -0.39 is 6.10 Å². The molecule has 0 radical (unpaired) electrons. The molecule has 1 rings (SSSR count). The van der Waals surface area contributed by atoms with E-state index in [0.717, 1.165) is 4.47 Å². The number of carbonyl (C=O) groups excluding carboxylic acids is 1. The highest BCUT2D eigenvalue weighted by Crippen LogP contribution is 2.17. The number of benzene rings is 1. The maximum Gasteiger partial charge on any atom is 0.261 e. The molecule has 0 heterocycles. The smallest absolute Gasteiger partial charge is 0.261 e. The molecular formula is C14H20BrNO4. The van der Waals surface area contributed by atoms with Gasteiger partial charge in [0, 0.05) is 18.2 Å². The Morgan fingerprint density at radius 1 is 1.40 bits per heavy atom. The van der Waals surface area contributed by atoms with Gasteiger partial charge in [0.2, 0.25) is 0 Å². The number of carbonyl (C=O) groups is 1. The largest absolute Gasteiger partial charge is 0.481 e. The predicted molar refractivity (Wildman–Crippen MR) is 79.7 cm³/mol. The summed E-state index contributed by atoms with van der Waals surface area (Å²) in [6, 6.07) is 7.05. The number of nitrogens with one attached hydrogen (secondary N) is 1. The molecule has 0 spiro atoms. The molecule has 1 aromatic rings. The van der Waals surface area contributed by atoms with E-state index in [4.69, 9.17) is 14.6 Å². The number of rotatable bonds is 8. The summed E-state index contributed by atoms with van der Waals surface area (Å²) in [5, 5.41) is 11.7. The summed E-state index contributed by atoms with van der Waals surface area (Å²) >= 11 is 3.34. The first-order valence-electron chi connectivity index (χ1n) is 6.39. The lowest BCUT2D eigenvalue weighted by Crippen LogP contribution is -2.44. The van der Waals surface area contributed by atoms with Crippen LogP contribution in [0, 0.1) is 0 Å². The van der Waals surface area contributed by atoms with Gasteiger partial charge in [0.25, 0.3) is 5.91 Å². The van der Waals surface area contributed by atoms with Gasteiger partial charge in [-0.3, -0.25) is 4.79 Å². The molecule has 1 aromatic carbocycles. The van der Waals surface area contributed by atoms with Gasteiger partial charge in [-0.2, -0.15) is 0 Å². The minimum absolute atomic E-state index is 0.00371. The van der Waals surface area contributed by atoms with Crippen molar-refractivity contribution < 1.29 is 19.4 Å². The summed E-state index contributed by atoms with van der Waals surface area (Å²) in [6.07, 6.45) is -0.167. The van der Waals surface area contributed by atoms with E-state index in [0.29, 0.717) is 18.8 Å². The van der Waals surface area contributed by atoms with E-state index >= 15 is 0 Å². The molecule has 0 aliphatic carbocycles. The lowest BCUT2D eigenvalue weighted by Gasteiger charge is -2.20. The van der Waals surface area contributed by atoms with Crippen LogP contribution in [0.2, 0.25) is 0 Å². The fraction of sp³-hybridized carbons (Fsp3) is 0.500. The Labute approximate surface area is 127 Å². The summed E-state index contributed by atoms with van der Waals surface area (Å²) in [5.41, 5.74) is 0. The lowest BCUT2D eigenvalue weighted by atomic mass is 10.2. The topological polar surface area (TPSA) is 67.8 Å². The second kappa shape index (κ2) is 8.94. The molecule has 2 unspecified atom stereocenters. The van der Waals surface area contributed by atoms with Crippen LogP contribution in [-0.4, -0.2) is 43.5 Å². The number of aliphatic hydroxyl groups excluding tert-OH is 1. The Bertz CT molecular complexity index is 404. The minimum Gasteiger partial charge on any atom is -0.481 e. The number of methoxy groups -OCH3 is 1. The van der Waals surface area contributed by atoms with E-state index in [9.17, 15) is 4.79 Å². The molecule has 6 heteroatoms. The van der Waals surface area contributed by atoms with Crippen molar-refractivity contribution in [3.05, 3.63) is 28.7 Å². The standard InChI is InChI=1S/C14H20BrNO4/c1-10(20-13-5-3-11(15)4-6-13)14(18)16-12(7-8-17)9-19-2/h3-6,10,12,17H,7-9H2,1-2H3,(H,16,18). The van der Waals surface area contributed by atoms with Crippen LogP contribution in [0.15, 0.2) is 28.7 Å². The van der Waals surface area contributed by atoms with Crippen molar-refractivity contribution in [2.45, 2.75) is 25.5 Å². The second-order valence-electron chi connectivity index (χ2n) is 4.39. The number of hydrogen-bond acceptors (Lipinski definition) is 4. The third-order valence-electron chi connectivity index (χ3n) is 2.69. The molecule has 2 N–H and O–H groups in total. The fourth-order valence-electron chi connectivity index (χ4n) is 1.64. The quantitative estimate of drug-likeness (QED) is 0.752. The molecule has 0 aromatic heterocycles. The summed E-state index contributed by atoms with van der Waals surface area (Å²) < 4.78 is 11.5. The molecule has 5 nitrogen and oxygen atoms in total. The van der Waals surface area contributed by atoms with Crippen LogP contribution >= 0.6 is 15.9 Å². The maximum absolute atomic E-state index is 12.0. The normalized spacial score (nSPS) is 13.6. The molecule has 20 heavy (non-hydrogen) atoms. The van der Waals surface area contributed by atoms with Gasteiger partial charge in [-0.05, 0) is 37.6 Å². The Morgan fingerprint density at radius 3 is 2.60 bits per heavy atom. The van der Waals surface area contributed by atoms with Crippen LogP contribution in [0.25, 0.3) is 0 Å². The highest BCUT2D eigenvalue weighted by Gasteiger charge is 2.18. The number of amides is 1. The first kappa shape index (κ1) is 16.9. The van der Waals surface area contributed by atoms with Gasteiger partial charge >= 0.3 is 0 Å². The first-order chi connectivity index (χ1) is 9.56. The summed E-state index contributed by atoms with van der Waals surface area (Å²) in [7, 11) is 1.55. The van der Waals surface area contributed by atoms with Crippen LogP contribution in [-0.2, 0) is 9.53 Å². The zero-order chi connectivity index (χ0) is 15.0. The minimum atomic E-state index is -0.616. The van der Waals surface area contributed by atoms with Crippen molar-refractivity contribution in [3.63, 3.8) is 0 Å². The summed E-state index contributed by atoms with van der Waals surface area (Å²) in [5.74, 6) is 0.393. The van der Waals surface area contributed by atoms with Gasteiger partial charge in [0.1, 0.15) is 5.75 Å².